The number of rotatable bonds is 3. The summed E-state index contributed by atoms with van der Waals surface area (Å²) in [6.45, 7) is 0. The van der Waals surface area contributed by atoms with Gasteiger partial charge in [-0.1, -0.05) is 30.4 Å². The molecule has 1 aromatic carbocycles. The van der Waals surface area contributed by atoms with Crippen molar-refractivity contribution in [2.75, 3.05) is 5.32 Å². The van der Waals surface area contributed by atoms with Gasteiger partial charge in [0.05, 0.1) is 5.57 Å². The van der Waals surface area contributed by atoms with Gasteiger partial charge in [-0.25, -0.2) is 4.79 Å². The monoisotopic (exact) mass is 271 g/mol. The van der Waals surface area contributed by atoms with E-state index in [1.807, 2.05) is 30.4 Å². The highest BCUT2D eigenvalue weighted by atomic mass is 16.7. The summed E-state index contributed by atoms with van der Waals surface area (Å²) < 4.78 is 4.80. The SMILES string of the molecule is O=C(O)OC1=C(C(=O)Nc2ccccc2)C2C=CC1C2. The molecule has 1 amide bonds. The topological polar surface area (TPSA) is 75.6 Å². The molecule has 2 aliphatic carbocycles. The summed E-state index contributed by atoms with van der Waals surface area (Å²) in [6, 6.07) is 9.05. The summed E-state index contributed by atoms with van der Waals surface area (Å²) in [5.41, 5.74) is 1.09. The third-order valence-electron chi connectivity index (χ3n) is 3.53. The van der Waals surface area contributed by atoms with Gasteiger partial charge in [0.15, 0.2) is 0 Å². The quantitative estimate of drug-likeness (QED) is 0.654. The van der Waals surface area contributed by atoms with Gasteiger partial charge < -0.3 is 15.2 Å². The highest BCUT2D eigenvalue weighted by molar-refractivity contribution is 6.05. The smallest absolute Gasteiger partial charge is 0.449 e. The van der Waals surface area contributed by atoms with E-state index < -0.39 is 6.16 Å². The lowest BCUT2D eigenvalue weighted by atomic mass is 10.0. The maximum Gasteiger partial charge on any atom is 0.511 e. The Labute approximate surface area is 115 Å². The van der Waals surface area contributed by atoms with Gasteiger partial charge in [-0.2, -0.15) is 0 Å². The largest absolute Gasteiger partial charge is 0.511 e. The van der Waals surface area contributed by atoms with E-state index in [9.17, 15) is 9.59 Å². The zero-order valence-corrected chi connectivity index (χ0v) is 10.6. The molecule has 2 atom stereocenters. The van der Waals surface area contributed by atoms with Crippen molar-refractivity contribution in [2.45, 2.75) is 6.42 Å². The van der Waals surface area contributed by atoms with Gasteiger partial charge in [0.1, 0.15) is 5.76 Å². The maximum atomic E-state index is 12.3. The predicted molar refractivity (Wildman–Crippen MR) is 71.9 cm³/mol. The number of benzene rings is 1. The van der Waals surface area contributed by atoms with Gasteiger partial charge in [-0.05, 0) is 18.6 Å². The zero-order valence-electron chi connectivity index (χ0n) is 10.6. The minimum Gasteiger partial charge on any atom is -0.449 e. The zero-order chi connectivity index (χ0) is 14.1. The van der Waals surface area contributed by atoms with Gasteiger partial charge in [0.2, 0.25) is 0 Å². The van der Waals surface area contributed by atoms with Crippen molar-refractivity contribution in [1.82, 2.24) is 0 Å². The van der Waals surface area contributed by atoms with Crippen LogP contribution in [0.4, 0.5) is 10.5 Å². The van der Waals surface area contributed by atoms with E-state index in [0.717, 1.165) is 0 Å². The molecule has 2 unspecified atom stereocenters. The van der Waals surface area contributed by atoms with Crippen LogP contribution in [0.3, 0.4) is 0 Å². The van der Waals surface area contributed by atoms with Gasteiger partial charge in [-0.3, -0.25) is 4.79 Å². The summed E-state index contributed by atoms with van der Waals surface area (Å²) in [7, 11) is 0. The van der Waals surface area contributed by atoms with Crippen molar-refractivity contribution in [1.29, 1.82) is 0 Å². The Hall–Kier alpha value is -2.56. The molecule has 1 aromatic rings. The summed E-state index contributed by atoms with van der Waals surface area (Å²) >= 11 is 0. The number of carbonyl (C=O) groups is 2. The van der Waals surface area contributed by atoms with Crippen molar-refractivity contribution in [3.05, 3.63) is 53.8 Å². The number of allylic oxidation sites excluding steroid dienone is 2. The molecule has 0 saturated carbocycles. The second-order valence-corrected chi connectivity index (χ2v) is 4.80. The summed E-state index contributed by atoms with van der Waals surface area (Å²) in [5.74, 6) is -0.201. The first-order chi connectivity index (χ1) is 9.65. The fourth-order valence-corrected chi connectivity index (χ4v) is 2.71. The molecule has 20 heavy (non-hydrogen) atoms. The Morgan fingerprint density at radius 1 is 1.15 bits per heavy atom. The third-order valence-corrected chi connectivity index (χ3v) is 3.53. The molecular weight excluding hydrogens is 258 g/mol. The minimum atomic E-state index is -1.38. The lowest BCUT2D eigenvalue weighted by molar-refractivity contribution is -0.113. The summed E-state index contributed by atoms with van der Waals surface area (Å²) in [5, 5.41) is 11.5. The standard InChI is InChI=1S/C15H13NO4/c17-14(16-11-4-2-1-3-5-11)12-9-6-7-10(8-9)13(12)20-15(18)19/h1-7,9-10H,8H2,(H,16,17)(H,18,19). The van der Waals surface area contributed by atoms with E-state index in [1.165, 1.54) is 0 Å². The summed E-state index contributed by atoms with van der Waals surface area (Å²) in [6.07, 6.45) is 3.15. The Balaban J connectivity index is 1.85. The second kappa shape index (κ2) is 4.85. The van der Waals surface area contributed by atoms with Gasteiger partial charge in [-0.15, -0.1) is 0 Å². The number of amides is 1. The molecular formula is C15H13NO4. The lowest BCUT2D eigenvalue weighted by Gasteiger charge is -2.14. The van der Waals surface area contributed by atoms with Crippen molar-refractivity contribution < 1.29 is 19.4 Å². The minimum absolute atomic E-state index is 0.0573. The third kappa shape index (κ3) is 2.18. The molecule has 2 bridgehead atoms. The van der Waals surface area contributed by atoms with E-state index in [0.29, 0.717) is 17.7 Å². The van der Waals surface area contributed by atoms with Gasteiger partial charge >= 0.3 is 6.16 Å². The Kier molecular flexibility index (Phi) is 3.02. The Bertz CT molecular complexity index is 618. The van der Waals surface area contributed by atoms with E-state index in [-0.39, 0.29) is 23.5 Å². The molecule has 0 spiro atoms. The van der Waals surface area contributed by atoms with E-state index in [1.54, 1.807) is 12.1 Å². The van der Waals surface area contributed by atoms with Crippen LogP contribution in [0.2, 0.25) is 0 Å². The molecule has 2 aliphatic rings. The molecule has 0 aliphatic heterocycles. The number of para-hydroxylation sites is 1. The highest BCUT2D eigenvalue weighted by Gasteiger charge is 2.41. The predicted octanol–water partition coefficient (Wildman–Crippen LogP) is 2.78. The average molecular weight is 271 g/mol. The highest BCUT2D eigenvalue weighted by Crippen LogP contribution is 2.44. The summed E-state index contributed by atoms with van der Waals surface area (Å²) in [4.78, 5) is 23.1. The number of carbonyl (C=O) groups excluding carboxylic acids is 1. The van der Waals surface area contributed by atoms with Crippen LogP contribution in [0, 0.1) is 11.8 Å². The first-order valence-electron chi connectivity index (χ1n) is 6.34. The van der Waals surface area contributed by atoms with Crippen LogP contribution < -0.4 is 5.32 Å². The molecule has 0 aromatic heterocycles. The van der Waals surface area contributed by atoms with Crippen LogP contribution in [-0.2, 0) is 9.53 Å². The molecule has 5 nitrogen and oxygen atoms in total. The molecule has 5 heteroatoms. The Morgan fingerprint density at radius 2 is 1.85 bits per heavy atom. The fourth-order valence-electron chi connectivity index (χ4n) is 2.71. The lowest BCUT2D eigenvalue weighted by Crippen LogP contribution is -2.20. The fraction of sp³-hybridized carbons (Fsp3) is 0.200. The second-order valence-electron chi connectivity index (χ2n) is 4.80. The molecule has 0 radical (unpaired) electrons. The van der Waals surface area contributed by atoms with Crippen LogP contribution in [0.25, 0.3) is 0 Å². The van der Waals surface area contributed by atoms with Crippen LogP contribution in [0.5, 0.6) is 0 Å². The number of anilines is 1. The molecule has 2 N–H and O–H groups in total. The number of ether oxygens (including phenoxy) is 1. The maximum absolute atomic E-state index is 12.3. The number of hydrogen-bond donors (Lipinski definition) is 2. The van der Waals surface area contributed by atoms with E-state index in [4.69, 9.17) is 9.84 Å². The number of fused-ring (bicyclic) bond motifs is 2. The van der Waals surface area contributed by atoms with Crippen LogP contribution >= 0.6 is 0 Å². The van der Waals surface area contributed by atoms with Crippen LogP contribution in [0.15, 0.2) is 53.8 Å². The number of hydrogen-bond acceptors (Lipinski definition) is 3. The molecule has 0 heterocycles. The molecule has 0 fully saturated rings. The molecule has 102 valence electrons. The van der Waals surface area contributed by atoms with Gasteiger partial charge in [0, 0.05) is 17.5 Å². The van der Waals surface area contributed by atoms with Crippen molar-refractivity contribution >= 4 is 17.7 Å². The Morgan fingerprint density at radius 3 is 2.55 bits per heavy atom. The van der Waals surface area contributed by atoms with Gasteiger partial charge in [0.25, 0.3) is 5.91 Å². The number of nitrogens with one attached hydrogen (secondary N) is 1. The molecule has 3 rings (SSSR count). The average Bonchev–Trinajstić information content (AvgIpc) is 3.00. The first-order valence-corrected chi connectivity index (χ1v) is 6.34. The normalized spacial score (nSPS) is 23.0. The van der Waals surface area contributed by atoms with Crippen molar-refractivity contribution in [3.63, 3.8) is 0 Å². The first kappa shape index (κ1) is 12.5. The van der Waals surface area contributed by atoms with Crippen LogP contribution in [-0.4, -0.2) is 17.2 Å². The van der Waals surface area contributed by atoms with E-state index in [2.05, 4.69) is 5.32 Å². The van der Waals surface area contributed by atoms with Crippen LogP contribution in [0.1, 0.15) is 6.42 Å². The molecule has 0 saturated heterocycles. The van der Waals surface area contributed by atoms with E-state index >= 15 is 0 Å². The van der Waals surface area contributed by atoms with Crippen molar-refractivity contribution in [3.8, 4) is 0 Å². The van der Waals surface area contributed by atoms with Crippen molar-refractivity contribution in [2.24, 2.45) is 11.8 Å². The number of carboxylic acid groups (broad SMARTS) is 1.